The van der Waals surface area contributed by atoms with E-state index in [2.05, 4.69) is 26.0 Å². The molecule has 0 saturated heterocycles. The third-order valence-electron chi connectivity index (χ3n) is 3.16. The second-order valence-corrected chi connectivity index (χ2v) is 4.19. The first kappa shape index (κ1) is 13.0. The maximum atomic E-state index is 9.71. The number of benzene rings is 1. The first-order valence-electron chi connectivity index (χ1n) is 5.99. The highest BCUT2D eigenvalue weighted by Gasteiger charge is 2.13. The molecule has 0 saturated carbocycles. The fraction of sp³-hybridized carbons (Fsp3) is 0.571. The van der Waals surface area contributed by atoms with Gasteiger partial charge in [0.05, 0.1) is 13.2 Å². The maximum Gasteiger partial charge on any atom is 0.124 e. The van der Waals surface area contributed by atoms with Crippen molar-refractivity contribution in [2.75, 3.05) is 7.11 Å². The van der Waals surface area contributed by atoms with Crippen LogP contribution in [-0.4, -0.2) is 12.2 Å². The Kier molecular flexibility index (Phi) is 4.81. The summed E-state index contributed by atoms with van der Waals surface area (Å²) in [4.78, 5) is 0. The van der Waals surface area contributed by atoms with Crippen LogP contribution in [0, 0.1) is 0 Å². The van der Waals surface area contributed by atoms with Gasteiger partial charge < -0.3 is 9.84 Å². The van der Waals surface area contributed by atoms with Gasteiger partial charge in [0, 0.05) is 5.56 Å². The number of aliphatic hydroxyl groups is 1. The van der Waals surface area contributed by atoms with Crippen molar-refractivity contribution < 1.29 is 9.84 Å². The Morgan fingerprint density at radius 1 is 1.25 bits per heavy atom. The van der Waals surface area contributed by atoms with E-state index in [4.69, 9.17) is 4.74 Å². The molecule has 1 rings (SSSR count). The van der Waals surface area contributed by atoms with Gasteiger partial charge in [-0.3, -0.25) is 0 Å². The highest BCUT2D eigenvalue weighted by molar-refractivity contribution is 5.39. The van der Waals surface area contributed by atoms with Crippen molar-refractivity contribution in [3.05, 3.63) is 29.3 Å². The molecule has 1 atom stereocenters. The van der Waals surface area contributed by atoms with Crippen LogP contribution in [0.25, 0.3) is 0 Å². The van der Waals surface area contributed by atoms with Gasteiger partial charge in [-0.2, -0.15) is 0 Å². The van der Waals surface area contributed by atoms with Crippen molar-refractivity contribution >= 4 is 0 Å². The van der Waals surface area contributed by atoms with Crippen LogP contribution in [0.4, 0.5) is 0 Å². The Balaban J connectivity index is 3.10. The van der Waals surface area contributed by atoms with Crippen molar-refractivity contribution in [3.8, 4) is 5.75 Å². The van der Waals surface area contributed by atoms with E-state index >= 15 is 0 Å². The van der Waals surface area contributed by atoms with Gasteiger partial charge >= 0.3 is 0 Å². The van der Waals surface area contributed by atoms with E-state index in [9.17, 15) is 5.11 Å². The summed E-state index contributed by atoms with van der Waals surface area (Å²) < 4.78 is 5.25. The van der Waals surface area contributed by atoms with Crippen LogP contribution in [0.3, 0.4) is 0 Å². The van der Waals surface area contributed by atoms with Crippen LogP contribution in [0.5, 0.6) is 5.75 Å². The molecule has 16 heavy (non-hydrogen) atoms. The number of rotatable bonds is 5. The molecule has 90 valence electrons. The quantitative estimate of drug-likeness (QED) is 0.824. The monoisotopic (exact) mass is 222 g/mol. The third-order valence-corrected chi connectivity index (χ3v) is 3.16. The average molecular weight is 222 g/mol. The number of aliphatic hydroxyl groups excluding tert-OH is 1. The highest BCUT2D eigenvalue weighted by Crippen LogP contribution is 2.31. The second-order valence-electron chi connectivity index (χ2n) is 4.19. The Labute approximate surface area is 98.3 Å². The Hall–Kier alpha value is -1.02. The zero-order chi connectivity index (χ0) is 12.1. The molecule has 0 aromatic heterocycles. The van der Waals surface area contributed by atoms with Crippen molar-refractivity contribution in [1.82, 2.24) is 0 Å². The van der Waals surface area contributed by atoms with Crippen molar-refractivity contribution in [3.63, 3.8) is 0 Å². The Morgan fingerprint density at radius 2 is 1.88 bits per heavy atom. The lowest BCUT2D eigenvalue weighted by Crippen LogP contribution is -2.01. The highest BCUT2D eigenvalue weighted by atomic mass is 16.5. The summed E-state index contributed by atoms with van der Waals surface area (Å²) in [6.45, 7) is 6.16. The average Bonchev–Trinajstić information content (AvgIpc) is 2.30. The van der Waals surface area contributed by atoms with Gasteiger partial charge in [0.25, 0.3) is 0 Å². The van der Waals surface area contributed by atoms with Gasteiger partial charge in [-0.05, 0) is 43.4 Å². The number of ether oxygens (including phenoxy) is 1. The molecule has 1 aromatic rings. The summed E-state index contributed by atoms with van der Waals surface area (Å²) in [6, 6.07) is 6.12. The van der Waals surface area contributed by atoms with E-state index in [-0.39, 0.29) is 0 Å². The first-order chi connectivity index (χ1) is 7.63. The molecule has 0 radical (unpaired) electrons. The molecule has 0 aliphatic carbocycles. The lowest BCUT2D eigenvalue weighted by molar-refractivity contribution is 0.194. The zero-order valence-electron chi connectivity index (χ0n) is 10.7. The molecule has 0 heterocycles. The normalized spacial score (nSPS) is 12.9. The molecule has 1 unspecified atom stereocenters. The Bertz CT molecular complexity index is 328. The summed E-state index contributed by atoms with van der Waals surface area (Å²) in [5, 5.41) is 9.71. The minimum Gasteiger partial charge on any atom is -0.496 e. The standard InChI is InChI=1S/C14H22O2/c1-5-11(6-2)12-7-8-14(16-4)13(9-12)10(3)15/h7-11,15H,5-6H2,1-4H3. The predicted octanol–water partition coefficient (Wildman–Crippen LogP) is 3.65. The van der Waals surface area contributed by atoms with Crippen molar-refractivity contribution in [1.29, 1.82) is 0 Å². The fourth-order valence-electron chi connectivity index (χ4n) is 2.09. The number of hydrogen-bond acceptors (Lipinski definition) is 2. The minimum absolute atomic E-state index is 0.482. The van der Waals surface area contributed by atoms with E-state index in [1.165, 1.54) is 5.56 Å². The first-order valence-corrected chi connectivity index (χ1v) is 5.99. The van der Waals surface area contributed by atoms with Crippen LogP contribution in [0.15, 0.2) is 18.2 Å². The van der Waals surface area contributed by atoms with Crippen LogP contribution < -0.4 is 4.74 Å². The van der Waals surface area contributed by atoms with Crippen LogP contribution in [0.2, 0.25) is 0 Å². The molecular weight excluding hydrogens is 200 g/mol. The van der Waals surface area contributed by atoms with E-state index in [0.29, 0.717) is 5.92 Å². The van der Waals surface area contributed by atoms with E-state index in [1.807, 2.05) is 6.07 Å². The lowest BCUT2D eigenvalue weighted by atomic mass is 9.91. The van der Waals surface area contributed by atoms with Gasteiger partial charge in [-0.1, -0.05) is 19.9 Å². The van der Waals surface area contributed by atoms with E-state index < -0.39 is 6.10 Å². The molecule has 0 amide bonds. The predicted molar refractivity (Wildman–Crippen MR) is 67.0 cm³/mol. The van der Waals surface area contributed by atoms with Gasteiger partial charge in [0.15, 0.2) is 0 Å². The number of hydrogen-bond donors (Lipinski definition) is 1. The van der Waals surface area contributed by atoms with Crippen molar-refractivity contribution in [2.45, 2.75) is 45.6 Å². The molecule has 0 aliphatic rings. The van der Waals surface area contributed by atoms with Crippen LogP contribution >= 0.6 is 0 Å². The van der Waals surface area contributed by atoms with Gasteiger partial charge in [0.2, 0.25) is 0 Å². The molecule has 0 spiro atoms. The molecule has 0 bridgehead atoms. The lowest BCUT2D eigenvalue weighted by Gasteiger charge is -2.17. The van der Waals surface area contributed by atoms with Gasteiger partial charge in [0.1, 0.15) is 5.75 Å². The van der Waals surface area contributed by atoms with Crippen LogP contribution in [-0.2, 0) is 0 Å². The molecule has 1 aromatic carbocycles. The summed E-state index contributed by atoms with van der Waals surface area (Å²) in [5.41, 5.74) is 2.17. The summed E-state index contributed by atoms with van der Waals surface area (Å²) in [6.07, 6.45) is 1.77. The van der Waals surface area contributed by atoms with Gasteiger partial charge in [-0.15, -0.1) is 0 Å². The molecule has 2 nitrogen and oxygen atoms in total. The molecule has 0 fully saturated rings. The SMILES string of the molecule is CCC(CC)c1ccc(OC)c(C(C)O)c1. The second kappa shape index (κ2) is 5.90. The maximum absolute atomic E-state index is 9.71. The Morgan fingerprint density at radius 3 is 2.31 bits per heavy atom. The summed E-state index contributed by atoms with van der Waals surface area (Å²) >= 11 is 0. The molecule has 1 N–H and O–H groups in total. The molecular formula is C14H22O2. The van der Waals surface area contributed by atoms with E-state index in [1.54, 1.807) is 14.0 Å². The van der Waals surface area contributed by atoms with E-state index in [0.717, 1.165) is 24.2 Å². The van der Waals surface area contributed by atoms with Crippen LogP contribution in [0.1, 0.15) is 56.8 Å². The third kappa shape index (κ3) is 2.76. The molecule has 0 aliphatic heterocycles. The minimum atomic E-state index is -0.482. The number of methoxy groups -OCH3 is 1. The fourth-order valence-corrected chi connectivity index (χ4v) is 2.09. The zero-order valence-corrected chi connectivity index (χ0v) is 10.7. The summed E-state index contributed by atoms with van der Waals surface area (Å²) in [5.74, 6) is 1.34. The van der Waals surface area contributed by atoms with Crippen molar-refractivity contribution in [2.24, 2.45) is 0 Å². The largest absolute Gasteiger partial charge is 0.496 e. The topological polar surface area (TPSA) is 29.5 Å². The smallest absolute Gasteiger partial charge is 0.124 e. The molecule has 2 heteroatoms. The van der Waals surface area contributed by atoms with Gasteiger partial charge in [-0.25, -0.2) is 0 Å². The summed E-state index contributed by atoms with van der Waals surface area (Å²) in [7, 11) is 1.64.